The van der Waals surface area contributed by atoms with Gasteiger partial charge in [0.15, 0.2) is 17.3 Å². The van der Waals surface area contributed by atoms with E-state index in [1.165, 1.54) is 41.4 Å². The van der Waals surface area contributed by atoms with Crippen LogP contribution in [-0.4, -0.2) is 46.2 Å². The van der Waals surface area contributed by atoms with E-state index in [2.05, 4.69) is 15.5 Å². The average molecular weight is 470 g/mol. The van der Waals surface area contributed by atoms with Gasteiger partial charge in [0.25, 0.3) is 5.91 Å². The third-order valence-corrected chi connectivity index (χ3v) is 4.88. The molecule has 0 radical (unpaired) electrons. The number of anilines is 1. The molecule has 0 saturated carbocycles. The Bertz CT molecular complexity index is 1010. The Morgan fingerprint density at radius 2 is 1.45 bits per heavy atom. The van der Waals surface area contributed by atoms with Crippen molar-refractivity contribution in [3.63, 3.8) is 0 Å². The van der Waals surface area contributed by atoms with E-state index in [0.717, 1.165) is 0 Å². The van der Waals surface area contributed by atoms with Gasteiger partial charge in [-0.15, -0.1) is 0 Å². The highest BCUT2D eigenvalue weighted by molar-refractivity contribution is 6.36. The van der Waals surface area contributed by atoms with Crippen molar-refractivity contribution in [2.24, 2.45) is 10.2 Å². The third-order valence-electron chi connectivity index (χ3n) is 4.14. The van der Waals surface area contributed by atoms with Gasteiger partial charge in [-0.1, -0.05) is 23.2 Å². The largest absolute Gasteiger partial charge is 0.495 e. The molecule has 0 aliphatic heterocycles. The van der Waals surface area contributed by atoms with Crippen LogP contribution in [0.4, 0.5) is 11.4 Å². The van der Waals surface area contributed by atoms with Crippen LogP contribution in [0.3, 0.4) is 0 Å². The van der Waals surface area contributed by atoms with E-state index < -0.39 is 17.7 Å². The summed E-state index contributed by atoms with van der Waals surface area (Å²) >= 11 is 12.5. The Balaban J connectivity index is 2.36. The van der Waals surface area contributed by atoms with Crippen LogP contribution in [0.2, 0.25) is 10.0 Å². The number of hydrogen-bond acceptors (Lipinski definition) is 8. The first-order valence-electron chi connectivity index (χ1n) is 8.82. The summed E-state index contributed by atoms with van der Waals surface area (Å²) in [4.78, 5) is 24.9. The summed E-state index contributed by atoms with van der Waals surface area (Å²) in [7, 11) is 5.72. The molecule has 1 unspecified atom stereocenters. The normalized spacial score (nSPS) is 11.7. The number of ketones is 1. The van der Waals surface area contributed by atoms with Gasteiger partial charge in [-0.05, 0) is 31.2 Å². The number of rotatable bonds is 9. The van der Waals surface area contributed by atoms with Crippen molar-refractivity contribution in [2.45, 2.75) is 13.0 Å². The molecule has 31 heavy (non-hydrogen) atoms. The standard InChI is InChI=1S/C20H21Cl2N3O6/c1-10(26)17(25-24-11-6-7-14(30-4)19(31-5)15(11)21)20(27)23-18-13(29-3)9-8-12(28-2)16(18)22/h6-9,17H,1-5H3,(H,23,27). The number of azo groups is 1. The molecule has 0 fully saturated rings. The second-order valence-corrected chi connectivity index (χ2v) is 6.77. The Morgan fingerprint density at radius 3 is 2.00 bits per heavy atom. The Labute approximate surface area is 189 Å². The van der Waals surface area contributed by atoms with Crippen molar-refractivity contribution in [2.75, 3.05) is 33.8 Å². The van der Waals surface area contributed by atoms with Gasteiger partial charge >= 0.3 is 0 Å². The molecule has 2 rings (SSSR count). The van der Waals surface area contributed by atoms with Gasteiger partial charge in [0.2, 0.25) is 6.04 Å². The average Bonchev–Trinajstić information content (AvgIpc) is 2.75. The quantitative estimate of drug-likeness (QED) is 0.420. The monoisotopic (exact) mass is 469 g/mol. The summed E-state index contributed by atoms with van der Waals surface area (Å²) in [5, 5.41) is 10.6. The predicted octanol–water partition coefficient (Wildman–Crippen LogP) is 4.71. The number of carbonyl (C=O) groups excluding carboxylic acids is 2. The van der Waals surface area contributed by atoms with E-state index in [1.54, 1.807) is 18.2 Å². The van der Waals surface area contributed by atoms with Crippen molar-refractivity contribution >= 4 is 46.3 Å². The second kappa shape index (κ2) is 10.8. The molecule has 0 aromatic heterocycles. The highest BCUT2D eigenvalue weighted by atomic mass is 35.5. The fourth-order valence-corrected chi connectivity index (χ4v) is 3.12. The minimum atomic E-state index is -1.46. The molecule has 1 atom stereocenters. The van der Waals surface area contributed by atoms with E-state index >= 15 is 0 Å². The first-order chi connectivity index (χ1) is 14.8. The number of nitrogens with zero attached hydrogens (tertiary/aromatic N) is 2. The number of amides is 1. The lowest BCUT2D eigenvalue weighted by atomic mass is 10.2. The molecule has 0 aliphatic rings. The summed E-state index contributed by atoms with van der Waals surface area (Å²) in [5.74, 6) is -0.0706. The molecule has 2 aromatic carbocycles. The maximum Gasteiger partial charge on any atom is 0.258 e. The Kier molecular flexibility index (Phi) is 8.47. The molecule has 0 saturated heterocycles. The van der Waals surface area contributed by atoms with E-state index in [1.807, 2.05) is 0 Å². The van der Waals surface area contributed by atoms with Gasteiger partial charge in [-0.3, -0.25) is 9.59 Å². The lowest BCUT2D eigenvalue weighted by Gasteiger charge is -2.16. The zero-order valence-electron chi connectivity index (χ0n) is 17.5. The molecule has 0 spiro atoms. The van der Waals surface area contributed by atoms with Crippen LogP contribution in [-0.2, 0) is 9.59 Å². The Morgan fingerprint density at radius 1 is 0.871 bits per heavy atom. The van der Waals surface area contributed by atoms with Crippen molar-refractivity contribution in [1.82, 2.24) is 0 Å². The van der Waals surface area contributed by atoms with Crippen LogP contribution in [0.15, 0.2) is 34.5 Å². The third kappa shape index (κ3) is 5.36. The number of nitrogens with one attached hydrogen (secondary N) is 1. The van der Waals surface area contributed by atoms with E-state index in [9.17, 15) is 9.59 Å². The molecule has 11 heteroatoms. The van der Waals surface area contributed by atoms with Gasteiger partial charge in [0.1, 0.15) is 32.9 Å². The van der Waals surface area contributed by atoms with Crippen molar-refractivity contribution < 1.29 is 28.5 Å². The molecular weight excluding hydrogens is 449 g/mol. The van der Waals surface area contributed by atoms with E-state index in [4.69, 9.17) is 42.1 Å². The second-order valence-electron chi connectivity index (χ2n) is 6.01. The molecule has 2 aromatic rings. The van der Waals surface area contributed by atoms with Gasteiger partial charge in [0.05, 0.1) is 28.4 Å². The zero-order chi connectivity index (χ0) is 23.1. The fourth-order valence-electron chi connectivity index (χ4n) is 2.57. The van der Waals surface area contributed by atoms with Crippen LogP contribution in [0.5, 0.6) is 23.0 Å². The first-order valence-corrected chi connectivity index (χ1v) is 9.57. The first kappa shape index (κ1) is 24.2. The summed E-state index contributed by atoms with van der Waals surface area (Å²) in [6.07, 6.45) is 0. The van der Waals surface area contributed by atoms with Gasteiger partial charge in [0, 0.05) is 0 Å². The van der Waals surface area contributed by atoms with Crippen LogP contribution < -0.4 is 24.3 Å². The molecule has 1 N–H and O–H groups in total. The predicted molar refractivity (Wildman–Crippen MR) is 117 cm³/mol. The molecule has 0 bridgehead atoms. The lowest BCUT2D eigenvalue weighted by Crippen LogP contribution is -2.32. The summed E-state index contributed by atoms with van der Waals surface area (Å²) < 4.78 is 20.7. The van der Waals surface area contributed by atoms with Crippen LogP contribution in [0, 0.1) is 0 Å². The maximum absolute atomic E-state index is 12.8. The fraction of sp³-hybridized carbons (Fsp3) is 0.300. The van der Waals surface area contributed by atoms with E-state index in [-0.39, 0.29) is 32.9 Å². The number of methoxy groups -OCH3 is 4. The van der Waals surface area contributed by atoms with Crippen LogP contribution in [0.1, 0.15) is 6.92 Å². The number of benzene rings is 2. The van der Waals surface area contributed by atoms with Crippen LogP contribution >= 0.6 is 23.2 Å². The molecule has 0 heterocycles. The van der Waals surface area contributed by atoms with Crippen molar-refractivity contribution in [3.05, 3.63) is 34.3 Å². The summed E-state index contributed by atoms with van der Waals surface area (Å²) in [5.41, 5.74) is 0.328. The number of ether oxygens (including phenoxy) is 4. The number of halogens is 2. The molecule has 9 nitrogen and oxygen atoms in total. The SMILES string of the molecule is COc1ccc(OC)c(NC(=O)C(N=Nc2ccc(OC)c(OC)c2Cl)C(C)=O)c1Cl. The van der Waals surface area contributed by atoms with Crippen molar-refractivity contribution in [3.8, 4) is 23.0 Å². The highest BCUT2D eigenvalue weighted by Gasteiger charge is 2.26. The topological polar surface area (TPSA) is 108 Å². The summed E-state index contributed by atoms with van der Waals surface area (Å²) in [6, 6.07) is 4.77. The lowest BCUT2D eigenvalue weighted by molar-refractivity contribution is -0.126. The summed E-state index contributed by atoms with van der Waals surface area (Å²) in [6.45, 7) is 1.21. The van der Waals surface area contributed by atoms with Crippen molar-refractivity contribution in [1.29, 1.82) is 0 Å². The van der Waals surface area contributed by atoms with Gasteiger partial charge in [-0.2, -0.15) is 10.2 Å². The maximum atomic E-state index is 12.8. The van der Waals surface area contributed by atoms with Gasteiger partial charge < -0.3 is 24.3 Å². The van der Waals surface area contributed by atoms with Crippen LogP contribution in [0.25, 0.3) is 0 Å². The molecular formula is C20H21Cl2N3O6. The number of Topliss-reactive ketones (excluding diaryl/α,β-unsaturated/α-hetero) is 1. The molecule has 0 aliphatic carbocycles. The zero-order valence-corrected chi connectivity index (χ0v) is 19.0. The smallest absolute Gasteiger partial charge is 0.258 e. The molecule has 1 amide bonds. The minimum Gasteiger partial charge on any atom is -0.495 e. The Hall–Kier alpha value is -3.04. The molecule has 166 valence electrons. The minimum absolute atomic E-state index is 0.109. The highest BCUT2D eigenvalue weighted by Crippen LogP contribution is 2.42. The van der Waals surface area contributed by atoms with E-state index in [0.29, 0.717) is 11.5 Å². The number of carbonyl (C=O) groups is 2. The van der Waals surface area contributed by atoms with Gasteiger partial charge in [-0.25, -0.2) is 0 Å². The number of hydrogen-bond donors (Lipinski definition) is 1.